The summed E-state index contributed by atoms with van der Waals surface area (Å²) in [6, 6.07) is 14.7. The van der Waals surface area contributed by atoms with Gasteiger partial charge in [-0.05, 0) is 30.2 Å². The van der Waals surface area contributed by atoms with Gasteiger partial charge in [-0.1, -0.05) is 42.5 Å². The summed E-state index contributed by atoms with van der Waals surface area (Å²) in [5.41, 5.74) is -0.897. The van der Waals surface area contributed by atoms with E-state index >= 15 is 0 Å². The Morgan fingerprint density at radius 2 is 1.57 bits per heavy atom. The number of rotatable bonds is 2. The molecule has 0 spiro atoms. The number of hydrogen-bond donors (Lipinski definition) is 1. The van der Waals surface area contributed by atoms with E-state index in [1.165, 1.54) is 6.07 Å². The normalized spacial score (nSPS) is 11.7. The standard InChI is InChI=1S/C17H13F3N2O/c1-11-7-5-6-10-13(11)14-15(17(18,19)20)21-22(16(14)23)12-8-3-2-4-9-12/h2-10,21H,1H3. The highest BCUT2D eigenvalue weighted by Gasteiger charge is 2.38. The SMILES string of the molecule is Cc1ccccc1-c1c(C(F)(F)F)[nH]n(-c2ccccc2)c1=O. The largest absolute Gasteiger partial charge is 0.433 e. The number of hydrogen-bond acceptors (Lipinski definition) is 1. The van der Waals surface area contributed by atoms with Crippen LogP contribution in [0.2, 0.25) is 0 Å². The molecular formula is C17H13F3N2O. The van der Waals surface area contributed by atoms with Crippen molar-refractivity contribution in [3.8, 4) is 16.8 Å². The molecule has 0 aliphatic rings. The molecule has 0 aliphatic carbocycles. The molecule has 0 unspecified atom stereocenters. The molecule has 1 heterocycles. The fourth-order valence-electron chi connectivity index (χ4n) is 2.50. The first-order valence-corrected chi connectivity index (χ1v) is 6.93. The van der Waals surface area contributed by atoms with Gasteiger partial charge in [0.15, 0.2) is 0 Å². The summed E-state index contributed by atoms with van der Waals surface area (Å²) in [6.45, 7) is 1.68. The average Bonchev–Trinajstić information content (AvgIpc) is 2.86. The number of nitrogens with one attached hydrogen (secondary N) is 1. The van der Waals surface area contributed by atoms with Gasteiger partial charge in [-0.15, -0.1) is 0 Å². The van der Waals surface area contributed by atoms with Gasteiger partial charge in [0, 0.05) is 0 Å². The van der Waals surface area contributed by atoms with Crippen LogP contribution in [-0.2, 0) is 6.18 Å². The molecule has 118 valence electrons. The molecule has 3 aromatic rings. The molecule has 1 aromatic heterocycles. The molecular weight excluding hydrogens is 305 g/mol. The Labute approximate surface area is 130 Å². The minimum absolute atomic E-state index is 0.274. The first kappa shape index (κ1) is 15.1. The molecule has 0 saturated carbocycles. The second-order valence-electron chi connectivity index (χ2n) is 5.15. The van der Waals surface area contributed by atoms with Crippen LogP contribution in [-0.4, -0.2) is 9.78 Å². The molecule has 0 atom stereocenters. The van der Waals surface area contributed by atoms with Gasteiger partial charge in [0.25, 0.3) is 5.56 Å². The summed E-state index contributed by atoms with van der Waals surface area (Å²) in [5, 5.41) is 2.21. The Kier molecular flexibility index (Phi) is 3.60. The predicted molar refractivity (Wildman–Crippen MR) is 81.6 cm³/mol. The summed E-state index contributed by atoms with van der Waals surface area (Å²) < 4.78 is 41.1. The summed E-state index contributed by atoms with van der Waals surface area (Å²) in [6.07, 6.45) is -4.66. The fraction of sp³-hybridized carbons (Fsp3) is 0.118. The molecule has 3 nitrogen and oxygen atoms in total. The van der Waals surface area contributed by atoms with Gasteiger partial charge >= 0.3 is 6.18 Å². The highest BCUT2D eigenvalue weighted by molar-refractivity contribution is 5.69. The number of aromatic nitrogens is 2. The number of benzene rings is 2. The van der Waals surface area contributed by atoms with Crippen LogP contribution in [0.15, 0.2) is 59.4 Å². The lowest BCUT2D eigenvalue weighted by atomic mass is 10.0. The third kappa shape index (κ3) is 2.67. The average molecular weight is 318 g/mol. The summed E-state index contributed by atoms with van der Waals surface area (Å²) >= 11 is 0. The number of nitrogens with zero attached hydrogens (tertiary/aromatic N) is 1. The van der Waals surface area contributed by atoms with Gasteiger partial charge in [-0.3, -0.25) is 9.89 Å². The van der Waals surface area contributed by atoms with Gasteiger partial charge in [0.2, 0.25) is 0 Å². The lowest BCUT2D eigenvalue weighted by Crippen LogP contribution is -2.15. The second kappa shape index (κ2) is 5.46. The van der Waals surface area contributed by atoms with Crippen molar-refractivity contribution in [1.82, 2.24) is 9.78 Å². The highest BCUT2D eigenvalue weighted by Crippen LogP contribution is 2.35. The quantitative estimate of drug-likeness (QED) is 0.757. The summed E-state index contributed by atoms with van der Waals surface area (Å²) in [4.78, 5) is 12.6. The summed E-state index contributed by atoms with van der Waals surface area (Å²) in [5.74, 6) is 0. The molecule has 0 aliphatic heterocycles. The first-order chi connectivity index (χ1) is 10.9. The number of para-hydroxylation sites is 1. The van der Waals surface area contributed by atoms with Gasteiger partial charge in [-0.25, -0.2) is 4.68 Å². The van der Waals surface area contributed by atoms with E-state index in [0.29, 0.717) is 11.3 Å². The Balaban J connectivity index is 2.33. The number of halogens is 3. The van der Waals surface area contributed by atoms with Crippen molar-refractivity contribution in [3.63, 3.8) is 0 Å². The maximum atomic E-state index is 13.4. The molecule has 23 heavy (non-hydrogen) atoms. The molecule has 0 radical (unpaired) electrons. The van der Waals surface area contributed by atoms with Crippen LogP contribution in [0.1, 0.15) is 11.3 Å². The monoisotopic (exact) mass is 318 g/mol. The van der Waals surface area contributed by atoms with Gasteiger partial charge in [-0.2, -0.15) is 13.2 Å². The molecule has 2 aromatic carbocycles. The molecule has 1 N–H and O–H groups in total. The molecule has 0 amide bonds. The minimum atomic E-state index is -4.66. The predicted octanol–water partition coefficient (Wildman–Crippen LogP) is 4.16. The van der Waals surface area contributed by atoms with E-state index in [0.717, 1.165) is 4.68 Å². The van der Waals surface area contributed by atoms with Crippen molar-refractivity contribution in [3.05, 3.63) is 76.2 Å². The smallest absolute Gasteiger partial charge is 0.286 e. The van der Waals surface area contributed by atoms with Crippen molar-refractivity contribution in [2.75, 3.05) is 0 Å². The molecule has 0 bridgehead atoms. The number of alkyl halides is 3. The van der Waals surface area contributed by atoms with Crippen LogP contribution in [0.4, 0.5) is 13.2 Å². The summed E-state index contributed by atoms with van der Waals surface area (Å²) in [7, 11) is 0. The van der Waals surface area contributed by atoms with Crippen molar-refractivity contribution in [2.24, 2.45) is 0 Å². The second-order valence-corrected chi connectivity index (χ2v) is 5.15. The zero-order valence-electron chi connectivity index (χ0n) is 12.2. The van der Waals surface area contributed by atoms with Crippen molar-refractivity contribution in [1.29, 1.82) is 0 Å². The van der Waals surface area contributed by atoms with Gasteiger partial charge in [0.1, 0.15) is 5.69 Å². The Hall–Kier alpha value is -2.76. The zero-order chi connectivity index (χ0) is 16.6. The van der Waals surface area contributed by atoms with Crippen LogP contribution in [0.3, 0.4) is 0 Å². The number of aromatic amines is 1. The van der Waals surface area contributed by atoms with E-state index in [2.05, 4.69) is 5.10 Å². The third-order valence-corrected chi connectivity index (χ3v) is 3.60. The highest BCUT2D eigenvalue weighted by atomic mass is 19.4. The molecule has 0 fully saturated rings. The van der Waals surface area contributed by atoms with E-state index in [9.17, 15) is 18.0 Å². The molecule has 0 saturated heterocycles. The number of aryl methyl sites for hydroxylation is 1. The van der Waals surface area contributed by atoms with Gasteiger partial charge < -0.3 is 0 Å². The topological polar surface area (TPSA) is 37.8 Å². The maximum Gasteiger partial charge on any atom is 0.433 e. The van der Waals surface area contributed by atoms with E-state index in [-0.39, 0.29) is 11.1 Å². The van der Waals surface area contributed by atoms with E-state index in [1.54, 1.807) is 55.5 Å². The Bertz CT molecular complexity index is 892. The van der Waals surface area contributed by atoms with Gasteiger partial charge in [0.05, 0.1) is 11.3 Å². The maximum absolute atomic E-state index is 13.4. The first-order valence-electron chi connectivity index (χ1n) is 6.93. The third-order valence-electron chi connectivity index (χ3n) is 3.60. The number of H-pyrrole nitrogens is 1. The van der Waals surface area contributed by atoms with E-state index < -0.39 is 17.4 Å². The van der Waals surface area contributed by atoms with Crippen molar-refractivity contribution >= 4 is 0 Å². The lowest BCUT2D eigenvalue weighted by Gasteiger charge is -2.08. The van der Waals surface area contributed by atoms with Crippen LogP contribution in [0.5, 0.6) is 0 Å². The van der Waals surface area contributed by atoms with Crippen LogP contribution < -0.4 is 5.56 Å². The van der Waals surface area contributed by atoms with E-state index in [1.807, 2.05) is 0 Å². The fourth-order valence-corrected chi connectivity index (χ4v) is 2.50. The Morgan fingerprint density at radius 3 is 2.17 bits per heavy atom. The minimum Gasteiger partial charge on any atom is -0.286 e. The van der Waals surface area contributed by atoms with Crippen LogP contribution in [0, 0.1) is 6.92 Å². The van der Waals surface area contributed by atoms with Crippen LogP contribution in [0.25, 0.3) is 16.8 Å². The van der Waals surface area contributed by atoms with Crippen molar-refractivity contribution < 1.29 is 13.2 Å². The lowest BCUT2D eigenvalue weighted by molar-refractivity contribution is -0.140. The Morgan fingerprint density at radius 1 is 0.957 bits per heavy atom. The van der Waals surface area contributed by atoms with Crippen LogP contribution >= 0.6 is 0 Å². The van der Waals surface area contributed by atoms with E-state index in [4.69, 9.17) is 0 Å². The van der Waals surface area contributed by atoms with Crippen molar-refractivity contribution in [2.45, 2.75) is 13.1 Å². The molecule has 3 rings (SSSR count). The molecule has 6 heteroatoms. The zero-order valence-corrected chi connectivity index (χ0v) is 12.2.